The Labute approximate surface area is 212 Å². The summed E-state index contributed by atoms with van der Waals surface area (Å²) in [7, 11) is 0. The van der Waals surface area contributed by atoms with Crippen molar-refractivity contribution in [3.63, 3.8) is 0 Å². The Morgan fingerprint density at radius 3 is 2.47 bits per heavy atom. The quantitative estimate of drug-likeness (QED) is 0.275. The molecule has 6 rings (SSSR count). The molecule has 1 aliphatic heterocycles. The van der Waals surface area contributed by atoms with E-state index < -0.39 is 18.0 Å². The van der Waals surface area contributed by atoms with Gasteiger partial charge in [-0.3, -0.25) is 0 Å². The van der Waals surface area contributed by atoms with Crippen molar-refractivity contribution < 1.29 is 15.0 Å². The normalized spacial score (nSPS) is 26.6. The van der Waals surface area contributed by atoms with Gasteiger partial charge in [-0.2, -0.15) is 0 Å². The molecule has 0 radical (unpaired) electrons. The lowest BCUT2D eigenvalue weighted by Gasteiger charge is -2.32. The van der Waals surface area contributed by atoms with Gasteiger partial charge in [0.25, 0.3) is 6.04 Å². The van der Waals surface area contributed by atoms with Crippen molar-refractivity contribution in [3.05, 3.63) is 99.5 Å². The van der Waals surface area contributed by atoms with Gasteiger partial charge >= 0.3 is 5.72 Å². The Morgan fingerprint density at radius 1 is 1.06 bits per heavy atom. The SMILES string of the molecule is Cc1ccc(NC(O)C(c2ccccc2)[N+](=O)C(C)(O)c2ccc3c(c2)CCC2(N3)C3CC32)cc1C. The molecule has 2 aliphatic carbocycles. The van der Waals surface area contributed by atoms with Crippen LogP contribution in [0, 0.1) is 30.6 Å². The van der Waals surface area contributed by atoms with Crippen molar-refractivity contribution in [1.82, 2.24) is 0 Å². The molecule has 2 fully saturated rings. The first-order valence-electron chi connectivity index (χ1n) is 12.9. The molecule has 5 unspecified atom stereocenters. The molecule has 1 heterocycles. The van der Waals surface area contributed by atoms with E-state index in [9.17, 15) is 15.1 Å². The van der Waals surface area contributed by atoms with E-state index in [1.165, 1.54) is 13.3 Å². The molecule has 0 amide bonds. The summed E-state index contributed by atoms with van der Waals surface area (Å²) in [4.78, 5) is 13.9. The molecule has 3 aromatic rings. The number of anilines is 2. The Bertz CT molecular complexity index is 1330. The minimum atomic E-state index is -1.85. The zero-order chi connectivity index (χ0) is 25.2. The number of nitroso groups, excluding NO2 is 1. The second-order valence-electron chi connectivity index (χ2n) is 11.1. The van der Waals surface area contributed by atoms with E-state index in [1.54, 1.807) is 12.1 Å². The molecule has 4 N–H and O–H groups in total. The van der Waals surface area contributed by atoms with Gasteiger partial charge < -0.3 is 20.8 Å². The first kappa shape index (κ1) is 23.2. The van der Waals surface area contributed by atoms with Crippen LogP contribution >= 0.6 is 0 Å². The van der Waals surface area contributed by atoms with E-state index in [1.807, 2.05) is 68.4 Å². The Kier molecular flexibility index (Phi) is 5.25. The molecule has 2 saturated carbocycles. The average Bonchev–Trinajstić information content (AvgIpc) is 3.79. The van der Waals surface area contributed by atoms with Gasteiger partial charge in [-0.1, -0.05) is 36.4 Å². The number of fused-ring (bicyclic) bond motifs is 4. The number of aryl methyl sites for hydroxylation is 3. The van der Waals surface area contributed by atoms with Crippen molar-refractivity contribution in [1.29, 1.82) is 0 Å². The van der Waals surface area contributed by atoms with E-state index >= 15 is 0 Å². The van der Waals surface area contributed by atoms with E-state index in [0.717, 1.165) is 47.1 Å². The molecule has 36 heavy (non-hydrogen) atoms. The molecule has 5 atom stereocenters. The van der Waals surface area contributed by atoms with Gasteiger partial charge in [-0.25, -0.2) is 0 Å². The van der Waals surface area contributed by atoms with E-state index in [4.69, 9.17) is 0 Å². The Balaban J connectivity index is 1.29. The predicted molar refractivity (Wildman–Crippen MR) is 141 cm³/mol. The molecule has 1 spiro atoms. The van der Waals surface area contributed by atoms with Crippen LogP contribution in [-0.2, 0) is 12.1 Å². The molecule has 0 bridgehead atoms. The van der Waals surface area contributed by atoms with Crippen molar-refractivity contribution in [2.45, 2.75) is 63.6 Å². The largest absolute Gasteiger partial charge is 0.379 e. The predicted octanol–water partition coefficient (Wildman–Crippen LogP) is 5.17. The molecular weight excluding hydrogens is 450 g/mol. The van der Waals surface area contributed by atoms with Gasteiger partial charge in [0.1, 0.15) is 0 Å². The van der Waals surface area contributed by atoms with E-state index in [-0.39, 0.29) is 0 Å². The number of aliphatic hydroxyl groups excluding tert-OH is 1. The Morgan fingerprint density at radius 2 is 1.81 bits per heavy atom. The lowest BCUT2D eigenvalue weighted by atomic mass is 9.88. The van der Waals surface area contributed by atoms with Crippen LogP contribution in [-0.4, -0.2) is 26.7 Å². The highest BCUT2D eigenvalue weighted by Gasteiger charge is 2.76. The summed E-state index contributed by atoms with van der Waals surface area (Å²) in [5.74, 6) is 1.67. The number of hydrogen-bond acceptors (Lipinski definition) is 5. The van der Waals surface area contributed by atoms with Crippen LogP contribution in [0.3, 0.4) is 0 Å². The molecule has 3 aromatic carbocycles. The first-order valence-corrected chi connectivity index (χ1v) is 12.9. The van der Waals surface area contributed by atoms with Gasteiger partial charge in [0.2, 0.25) is 0 Å². The number of aliphatic hydroxyl groups is 2. The third-order valence-corrected chi connectivity index (χ3v) is 8.78. The molecule has 0 saturated heterocycles. The maximum Gasteiger partial charge on any atom is 0.336 e. The van der Waals surface area contributed by atoms with Crippen LogP contribution in [0.2, 0.25) is 0 Å². The van der Waals surface area contributed by atoms with Crippen molar-refractivity contribution in [3.8, 4) is 0 Å². The zero-order valence-corrected chi connectivity index (χ0v) is 21.0. The van der Waals surface area contributed by atoms with Crippen LogP contribution in [0.25, 0.3) is 0 Å². The summed E-state index contributed by atoms with van der Waals surface area (Å²) in [5, 5.41) is 29.7. The zero-order valence-electron chi connectivity index (χ0n) is 21.0. The standard InChI is InChI=1S/C30H34N3O3/c1-18-9-11-23(15-19(18)2)31-28(34)27(20-7-5-4-6-8-20)33(36)29(3,35)22-10-12-26-21(16-22)13-14-30(32-26)24-17-25(24)30/h4-12,15-16,24-25,27-28,31-32,34-35H,13-14,17H2,1-3H3/q+1. The summed E-state index contributed by atoms with van der Waals surface area (Å²) in [5.41, 5.74) is 4.79. The van der Waals surface area contributed by atoms with Crippen molar-refractivity contribution in [2.24, 2.45) is 11.8 Å². The maximum atomic E-state index is 13.9. The van der Waals surface area contributed by atoms with Crippen molar-refractivity contribution >= 4 is 11.4 Å². The van der Waals surface area contributed by atoms with Crippen LogP contribution in [0.1, 0.15) is 53.6 Å². The fourth-order valence-corrected chi connectivity index (χ4v) is 6.06. The fraction of sp³-hybridized carbons (Fsp3) is 0.400. The number of benzene rings is 3. The third kappa shape index (κ3) is 3.71. The monoisotopic (exact) mass is 484 g/mol. The number of rotatable bonds is 7. The van der Waals surface area contributed by atoms with Gasteiger partial charge in [0, 0.05) is 39.1 Å². The highest BCUT2D eigenvalue weighted by Crippen LogP contribution is 2.74. The van der Waals surface area contributed by atoms with Crippen molar-refractivity contribution in [2.75, 3.05) is 10.6 Å². The fourth-order valence-electron chi connectivity index (χ4n) is 6.06. The average molecular weight is 485 g/mol. The maximum absolute atomic E-state index is 13.9. The minimum absolute atomic E-state index is 0.310. The van der Waals surface area contributed by atoms with Gasteiger partial charge in [-0.15, -0.1) is 0 Å². The second-order valence-corrected chi connectivity index (χ2v) is 11.1. The lowest BCUT2D eigenvalue weighted by molar-refractivity contribution is -0.719. The molecule has 3 aliphatic rings. The molecule has 6 heteroatoms. The number of hydrogen-bond donors (Lipinski definition) is 4. The lowest BCUT2D eigenvalue weighted by Crippen LogP contribution is -2.44. The van der Waals surface area contributed by atoms with E-state index in [2.05, 4.69) is 10.6 Å². The molecular formula is C30H34N3O3+. The second kappa shape index (κ2) is 8.15. The summed E-state index contributed by atoms with van der Waals surface area (Å²) in [6.45, 7) is 5.54. The molecule has 186 valence electrons. The summed E-state index contributed by atoms with van der Waals surface area (Å²) in [6.07, 6.45) is 2.14. The van der Waals surface area contributed by atoms with Gasteiger partial charge in [-0.05, 0) is 92.0 Å². The van der Waals surface area contributed by atoms with Gasteiger partial charge in [0.05, 0.1) is 5.56 Å². The number of nitrogens with one attached hydrogen (secondary N) is 2. The smallest absolute Gasteiger partial charge is 0.336 e. The third-order valence-electron chi connectivity index (χ3n) is 8.78. The van der Waals surface area contributed by atoms with Crippen LogP contribution in [0.5, 0.6) is 0 Å². The highest BCUT2D eigenvalue weighted by molar-refractivity contribution is 5.61. The highest BCUT2D eigenvalue weighted by atomic mass is 16.4. The summed E-state index contributed by atoms with van der Waals surface area (Å²) < 4.78 is 0.622. The van der Waals surface area contributed by atoms with E-state index in [0.29, 0.717) is 27.1 Å². The van der Waals surface area contributed by atoms with Crippen LogP contribution in [0.15, 0.2) is 66.7 Å². The summed E-state index contributed by atoms with van der Waals surface area (Å²) >= 11 is 0. The molecule has 6 nitrogen and oxygen atoms in total. The minimum Gasteiger partial charge on any atom is -0.379 e. The molecule has 0 aromatic heterocycles. The van der Waals surface area contributed by atoms with Crippen LogP contribution in [0.4, 0.5) is 11.4 Å². The Hall–Kier alpha value is -3.22. The van der Waals surface area contributed by atoms with Crippen LogP contribution < -0.4 is 10.6 Å². The topological polar surface area (TPSA) is 84.6 Å². The number of nitrogens with zero attached hydrogens (tertiary/aromatic N) is 1. The summed E-state index contributed by atoms with van der Waals surface area (Å²) in [6, 6.07) is 19.7. The van der Waals surface area contributed by atoms with Gasteiger partial charge in [0.15, 0.2) is 6.23 Å². The first-order chi connectivity index (χ1) is 17.2.